The summed E-state index contributed by atoms with van der Waals surface area (Å²) in [6.45, 7) is 0. The molecule has 9 aromatic rings. The first kappa shape index (κ1) is 26.2. The molecule has 0 aliphatic carbocycles. The van der Waals surface area contributed by atoms with Gasteiger partial charge >= 0.3 is 0 Å². The Bertz CT molecular complexity index is 2570. The Hall–Kier alpha value is -6.19. The van der Waals surface area contributed by atoms with E-state index in [1.807, 2.05) is 30.3 Å². The van der Waals surface area contributed by atoms with Crippen molar-refractivity contribution in [3.05, 3.63) is 164 Å². The van der Waals surface area contributed by atoms with Gasteiger partial charge in [-0.05, 0) is 54.2 Å². The molecule has 1 aromatic heterocycles. The van der Waals surface area contributed by atoms with Crippen molar-refractivity contribution in [2.24, 2.45) is 0 Å². The van der Waals surface area contributed by atoms with Gasteiger partial charge in [-0.3, -0.25) is 0 Å². The first-order valence-corrected chi connectivity index (χ1v) is 15.5. The fourth-order valence-corrected chi connectivity index (χ4v) is 6.67. The van der Waals surface area contributed by atoms with E-state index in [1.165, 1.54) is 43.3 Å². The molecule has 1 heterocycles. The zero-order chi connectivity index (χ0) is 30.5. The smallest absolute Gasteiger partial charge is 0.164 e. The molecule has 8 aromatic carbocycles. The summed E-state index contributed by atoms with van der Waals surface area (Å²) in [7, 11) is 0. The van der Waals surface area contributed by atoms with Crippen LogP contribution in [0.25, 0.3) is 88.4 Å². The first-order chi connectivity index (χ1) is 22.8. The van der Waals surface area contributed by atoms with E-state index in [-0.39, 0.29) is 0 Å². The van der Waals surface area contributed by atoms with E-state index < -0.39 is 0 Å². The summed E-state index contributed by atoms with van der Waals surface area (Å²) in [6, 6.07) is 57.5. The van der Waals surface area contributed by atoms with Crippen molar-refractivity contribution in [1.82, 2.24) is 15.0 Å². The summed E-state index contributed by atoms with van der Waals surface area (Å²) < 4.78 is 0. The average Bonchev–Trinajstić information content (AvgIpc) is 3.14. The fraction of sp³-hybridized carbons (Fsp3) is 0. The van der Waals surface area contributed by atoms with Gasteiger partial charge in [0, 0.05) is 16.7 Å². The molecule has 0 aliphatic heterocycles. The lowest BCUT2D eigenvalue weighted by molar-refractivity contribution is 1.08. The van der Waals surface area contributed by atoms with E-state index in [9.17, 15) is 0 Å². The minimum Gasteiger partial charge on any atom is -0.208 e. The molecule has 0 aliphatic rings. The molecule has 46 heavy (non-hydrogen) atoms. The summed E-state index contributed by atoms with van der Waals surface area (Å²) in [4.78, 5) is 15.2. The molecule has 3 heteroatoms. The third-order valence-corrected chi connectivity index (χ3v) is 8.94. The van der Waals surface area contributed by atoms with Gasteiger partial charge in [-0.15, -0.1) is 0 Å². The molecule has 0 spiro atoms. The van der Waals surface area contributed by atoms with Gasteiger partial charge in [0.2, 0.25) is 0 Å². The molecule has 214 valence electrons. The van der Waals surface area contributed by atoms with Crippen LogP contribution in [-0.4, -0.2) is 15.0 Å². The Kier molecular flexibility index (Phi) is 6.14. The van der Waals surface area contributed by atoms with Crippen molar-refractivity contribution in [2.45, 2.75) is 0 Å². The zero-order valence-electron chi connectivity index (χ0n) is 24.9. The van der Waals surface area contributed by atoms with Gasteiger partial charge < -0.3 is 0 Å². The Morgan fingerprint density at radius 1 is 0.239 bits per heavy atom. The summed E-state index contributed by atoms with van der Waals surface area (Å²) in [5, 5.41) is 9.74. The zero-order valence-corrected chi connectivity index (χ0v) is 24.9. The van der Waals surface area contributed by atoms with E-state index in [2.05, 4.69) is 133 Å². The lowest BCUT2D eigenvalue weighted by atomic mass is 9.95. The number of nitrogens with zero attached hydrogens (tertiary/aromatic N) is 3. The Morgan fingerprint density at radius 3 is 1.52 bits per heavy atom. The van der Waals surface area contributed by atoms with Crippen LogP contribution < -0.4 is 0 Å². The molecule has 9 rings (SSSR count). The molecule has 0 saturated heterocycles. The topological polar surface area (TPSA) is 38.7 Å². The maximum Gasteiger partial charge on any atom is 0.164 e. The third-order valence-electron chi connectivity index (χ3n) is 8.94. The van der Waals surface area contributed by atoms with E-state index in [4.69, 9.17) is 15.0 Å². The quantitative estimate of drug-likeness (QED) is 0.193. The minimum absolute atomic E-state index is 0.650. The van der Waals surface area contributed by atoms with Crippen LogP contribution in [0.5, 0.6) is 0 Å². The van der Waals surface area contributed by atoms with E-state index >= 15 is 0 Å². The molecule has 0 radical (unpaired) electrons. The van der Waals surface area contributed by atoms with Gasteiger partial charge in [-0.25, -0.2) is 15.0 Å². The lowest BCUT2D eigenvalue weighted by Crippen LogP contribution is -2.00. The van der Waals surface area contributed by atoms with Crippen molar-refractivity contribution in [2.75, 3.05) is 0 Å². The molecule has 3 nitrogen and oxygen atoms in total. The number of benzene rings is 8. The molecule has 0 unspecified atom stereocenters. The highest BCUT2D eigenvalue weighted by Gasteiger charge is 2.16. The van der Waals surface area contributed by atoms with Crippen LogP contribution in [0, 0.1) is 0 Å². The highest BCUT2D eigenvalue weighted by molar-refractivity contribution is 6.19. The number of fused-ring (bicyclic) bond motifs is 6. The van der Waals surface area contributed by atoms with Crippen LogP contribution in [0.4, 0.5) is 0 Å². The van der Waals surface area contributed by atoms with Crippen molar-refractivity contribution in [3.8, 4) is 45.3 Å². The standard InChI is InChI=1S/C43H27N3/c1-2-12-31(13-3-1)41-44-42(32-22-20-30(21-23-32)34-17-8-14-28-10-4-6-15-33(28)34)46-43(45-41)40-19-9-18-36-38-25-24-29-11-5-7-16-35(29)37(38)26-27-39(36)40/h1-27H. The van der Waals surface area contributed by atoms with Crippen LogP contribution in [0.2, 0.25) is 0 Å². The summed E-state index contributed by atoms with van der Waals surface area (Å²) in [6.07, 6.45) is 0. The van der Waals surface area contributed by atoms with Crippen LogP contribution >= 0.6 is 0 Å². The summed E-state index contributed by atoms with van der Waals surface area (Å²) in [5.74, 6) is 1.97. The highest BCUT2D eigenvalue weighted by Crippen LogP contribution is 2.36. The number of hydrogen-bond acceptors (Lipinski definition) is 3. The Morgan fingerprint density at radius 2 is 0.717 bits per heavy atom. The number of aromatic nitrogens is 3. The lowest BCUT2D eigenvalue weighted by Gasteiger charge is -2.13. The van der Waals surface area contributed by atoms with Gasteiger partial charge in [0.15, 0.2) is 17.5 Å². The molecule has 0 amide bonds. The van der Waals surface area contributed by atoms with E-state index in [0.717, 1.165) is 27.6 Å². The minimum atomic E-state index is 0.650. The van der Waals surface area contributed by atoms with Crippen molar-refractivity contribution >= 4 is 43.1 Å². The van der Waals surface area contributed by atoms with Gasteiger partial charge in [0.25, 0.3) is 0 Å². The Balaban J connectivity index is 1.21. The number of hydrogen-bond donors (Lipinski definition) is 0. The van der Waals surface area contributed by atoms with Crippen LogP contribution in [-0.2, 0) is 0 Å². The summed E-state index contributed by atoms with van der Waals surface area (Å²) >= 11 is 0. The summed E-state index contributed by atoms with van der Waals surface area (Å²) in [5.41, 5.74) is 5.26. The highest BCUT2D eigenvalue weighted by atomic mass is 15.0. The molecular weight excluding hydrogens is 558 g/mol. The number of rotatable bonds is 4. The SMILES string of the molecule is c1ccc(-c2nc(-c3ccc(-c4cccc5ccccc45)cc3)nc(-c3cccc4c3ccc3c5ccccc5ccc43)n2)cc1. The first-order valence-electron chi connectivity index (χ1n) is 15.5. The van der Waals surface area contributed by atoms with Gasteiger partial charge in [0.05, 0.1) is 0 Å². The average molecular weight is 586 g/mol. The molecule has 0 atom stereocenters. The monoisotopic (exact) mass is 585 g/mol. The van der Waals surface area contributed by atoms with Gasteiger partial charge in [-0.1, -0.05) is 164 Å². The normalized spacial score (nSPS) is 11.5. The van der Waals surface area contributed by atoms with Crippen molar-refractivity contribution in [1.29, 1.82) is 0 Å². The second-order valence-electron chi connectivity index (χ2n) is 11.6. The molecule has 0 N–H and O–H groups in total. The molecule has 0 fully saturated rings. The largest absolute Gasteiger partial charge is 0.208 e. The van der Waals surface area contributed by atoms with Crippen LogP contribution in [0.1, 0.15) is 0 Å². The van der Waals surface area contributed by atoms with Crippen molar-refractivity contribution in [3.63, 3.8) is 0 Å². The van der Waals surface area contributed by atoms with Crippen LogP contribution in [0.15, 0.2) is 164 Å². The maximum absolute atomic E-state index is 5.11. The maximum atomic E-state index is 5.11. The third kappa shape index (κ3) is 4.41. The van der Waals surface area contributed by atoms with Crippen LogP contribution in [0.3, 0.4) is 0 Å². The van der Waals surface area contributed by atoms with Gasteiger partial charge in [-0.2, -0.15) is 0 Å². The van der Waals surface area contributed by atoms with E-state index in [0.29, 0.717) is 17.5 Å². The Labute approximate surface area is 266 Å². The van der Waals surface area contributed by atoms with Gasteiger partial charge in [0.1, 0.15) is 0 Å². The van der Waals surface area contributed by atoms with Crippen molar-refractivity contribution < 1.29 is 0 Å². The second-order valence-corrected chi connectivity index (χ2v) is 11.6. The molecule has 0 bridgehead atoms. The predicted octanol–water partition coefficient (Wildman–Crippen LogP) is 11.2. The van der Waals surface area contributed by atoms with E-state index in [1.54, 1.807) is 0 Å². The molecular formula is C43H27N3. The predicted molar refractivity (Wildman–Crippen MR) is 192 cm³/mol. The fourth-order valence-electron chi connectivity index (χ4n) is 6.67. The second kappa shape index (κ2) is 10.8. The molecule has 0 saturated carbocycles.